The molecule has 8 heteroatoms. The van der Waals surface area contributed by atoms with E-state index in [-0.39, 0.29) is 24.0 Å². The van der Waals surface area contributed by atoms with E-state index in [1.54, 1.807) is 11.3 Å². The number of thiazole rings is 1. The van der Waals surface area contributed by atoms with Crippen molar-refractivity contribution in [2.75, 3.05) is 45.9 Å². The van der Waals surface area contributed by atoms with Crippen molar-refractivity contribution in [2.45, 2.75) is 39.7 Å². The quantitative estimate of drug-likeness (QED) is 0.258. The van der Waals surface area contributed by atoms with E-state index in [0.717, 1.165) is 70.4 Å². The van der Waals surface area contributed by atoms with Crippen LogP contribution in [0.1, 0.15) is 31.0 Å². The summed E-state index contributed by atoms with van der Waals surface area (Å²) < 4.78 is 5.41. The third kappa shape index (κ3) is 8.65. The van der Waals surface area contributed by atoms with Gasteiger partial charge in [-0.25, -0.2) is 4.98 Å². The largest absolute Gasteiger partial charge is 0.379 e. The molecular weight excluding hydrogens is 449 g/mol. The van der Waals surface area contributed by atoms with Crippen LogP contribution in [0.3, 0.4) is 0 Å². The average molecular weight is 481 g/mol. The SMILES string of the molecule is CCNC(=NCC(C)N1CCOCC1)NCCCc1nc(C)cs1.I. The zero-order chi connectivity index (χ0) is 17.2. The molecule has 0 aliphatic carbocycles. The van der Waals surface area contributed by atoms with Crippen LogP contribution in [0.2, 0.25) is 0 Å². The first-order chi connectivity index (χ1) is 11.7. The monoisotopic (exact) mass is 481 g/mol. The number of rotatable bonds is 8. The number of nitrogens with one attached hydrogen (secondary N) is 2. The number of hydrogen-bond acceptors (Lipinski definition) is 5. The maximum absolute atomic E-state index is 5.41. The minimum atomic E-state index is 0. The highest BCUT2D eigenvalue weighted by Crippen LogP contribution is 2.10. The smallest absolute Gasteiger partial charge is 0.191 e. The van der Waals surface area contributed by atoms with E-state index in [4.69, 9.17) is 9.73 Å². The molecule has 1 saturated heterocycles. The molecule has 0 spiro atoms. The summed E-state index contributed by atoms with van der Waals surface area (Å²) in [5.41, 5.74) is 1.12. The van der Waals surface area contributed by atoms with Gasteiger partial charge in [0.1, 0.15) is 0 Å². The van der Waals surface area contributed by atoms with Crippen molar-refractivity contribution in [1.29, 1.82) is 0 Å². The van der Waals surface area contributed by atoms with Crippen molar-refractivity contribution in [2.24, 2.45) is 4.99 Å². The molecule has 1 aliphatic heterocycles. The van der Waals surface area contributed by atoms with Crippen LogP contribution in [0.25, 0.3) is 0 Å². The van der Waals surface area contributed by atoms with Crippen LogP contribution in [0.5, 0.6) is 0 Å². The van der Waals surface area contributed by atoms with Gasteiger partial charge >= 0.3 is 0 Å². The molecule has 1 fully saturated rings. The van der Waals surface area contributed by atoms with Crippen LogP contribution in [0.15, 0.2) is 10.4 Å². The topological polar surface area (TPSA) is 61.8 Å². The molecule has 0 bridgehead atoms. The highest BCUT2D eigenvalue weighted by Gasteiger charge is 2.16. The maximum atomic E-state index is 5.41. The summed E-state index contributed by atoms with van der Waals surface area (Å²) in [6.45, 7) is 12.7. The van der Waals surface area contributed by atoms with Gasteiger partial charge in [-0.1, -0.05) is 0 Å². The minimum absolute atomic E-state index is 0. The van der Waals surface area contributed by atoms with Crippen molar-refractivity contribution in [1.82, 2.24) is 20.5 Å². The predicted molar refractivity (Wildman–Crippen MR) is 116 cm³/mol. The van der Waals surface area contributed by atoms with Crippen molar-refractivity contribution in [3.05, 3.63) is 16.1 Å². The highest BCUT2D eigenvalue weighted by atomic mass is 127. The summed E-state index contributed by atoms with van der Waals surface area (Å²) in [4.78, 5) is 11.7. The van der Waals surface area contributed by atoms with Gasteiger partial charge in [0.2, 0.25) is 0 Å². The lowest BCUT2D eigenvalue weighted by molar-refractivity contribution is 0.0220. The zero-order valence-corrected chi connectivity index (χ0v) is 18.7. The van der Waals surface area contributed by atoms with E-state index in [9.17, 15) is 0 Å². The van der Waals surface area contributed by atoms with Crippen LogP contribution in [0, 0.1) is 6.92 Å². The fourth-order valence-corrected chi connectivity index (χ4v) is 3.48. The number of hydrogen-bond donors (Lipinski definition) is 2. The van der Waals surface area contributed by atoms with E-state index in [2.05, 4.69) is 39.7 Å². The minimum Gasteiger partial charge on any atom is -0.379 e. The molecule has 0 radical (unpaired) electrons. The number of nitrogens with zero attached hydrogens (tertiary/aromatic N) is 3. The Bertz CT molecular complexity index is 505. The number of aryl methyl sites for hydroxylation is 2. The molecule has 2 heterocycles. The lowest BCUT2D eigenvalue weighted by Crippen LogP contribution is -2.44. The Hall–Kier alpha value is -0.450. The van der Waals surface area contributed by atoms with Gasteiger partial charge in [0, 0.05) is 49.7 Å². The van der Waals surface area contributed by atoms with Crippen molar-refractivity contribution in [3.8, 4) is 0 Å². The molecule has 6 nitrogen and oxygen atoms in total. The summed E-state index contributed by atoms with van der Waals surface area (Å²) in [7, 11) is 0. The molecule has 1 atom stereocenters. The van der Waals surface area contributed by atoms with Gasteiger partial charge in [-0.15, -0.1) is 35.3 Å². The van der Waals surface area contributed by atoms with Crippen molar-refractivity contribution in [3.63, 3.8) is 0 Å². The standard InChI is InChI=1S/C17H31N5OS.HI/c1-4-18-17(19-7-5-6-16-21-14(2)13-24-16)20-12-15(3)22-8-10-23-11-9-22;/h13,15H,4-12H2,1-3H3,(H2,18,19,20);1H. The summed E-state index contributed by atoms with van der Waals surface area (Å²) >= 11 is 1.75. The van der Waals surface area contributed by atoms with E-state index >= 15 is 0 Å². The molecular formula is C17H32IN5OS. The molecule has 0 aromatic carbocycles. The highest BCUT2D eigenvalue weighted by molar-refractivity contribution is 14.0. The number of aliphatic imine (C=N–C) groups is 1. The average Bonchev–Trinajstić information content (AvgIpc) is 3.02. The predicted octanol–water partition coefficient (Wildman–Crippen LogP) is 2.28. The first-order valence-electron chi connectivity index (χ1n) is 8.94. The number of ether oxygens (including phenoxy) is 1. The number of halogens is 1. The Labute approximate surface area is 172 Å². The normalized spacial score (nSPS) is 17.0. The van der Waals surface area contributed by atoms with Crippen LogP contribution >= 0.6 is 35.3 Å². The Morgan fingerprint density at radius 2 is 2.16 bits per heavy atom. The Morgan fingerprint density at radius 3 is 2.80 bits per heavy atom. The lowest BCUT2D eigenvalue weighted by atomic mass is 10.2. The summed E-state index contributed by atoms with van der Waals surface area (Å²) in [5, 5.41) is 10.1. The van der Waals surface area contributed by atoms with Gasteiger partial charge in [0.05, 0.1) is 24.8 Å². The molecule has 2 N–H and O–H groups in total. The van der Waals surface area contributed by atoms with E-state index < -0.39 is 0 Å². The van der Waals surface area contributed by atoms with Gasteiger partial charge in [-0.2, -0.15) is 0 Å². The number of morpholine rings is 1. The third-order valence-corrected chi connectivity index (χ3v) is 5.08. The number of guanidine groups is 1. The van der Waals surface area contributed by atoms with Crippen LogP contribution in [-0.2, 0) is 11.2 Å². The molecule has 0 saturated carbocycles. The second-order valence-corrected chi connectivity index (χ2v) is 7.07. The van der Waals surface area contributed by atoms with Crippen LogP contribution < -0.4 is 10.6 Å². The van der Waals surface area contributed by atoms with E-state index in [1.165, 1.54) is 5.01 Å². The van der Waals surface area contributed by atoms with E-state index in [0.29, 0.717) is 6.04 Å². The molecule has 2 rings (SSSR count). The lowest BCUT2D eigenvalue weighted by Gasteiger charge is -2.31. The van der Waals surface area contributed by atoms with Crippen molar-refractivity contribution >= 4 is 41.3 Å². The number of aromatic nitrogens is 1. The second-order valence-electron chi connectivity index (χ2n) is 6.13. The molecule has 1 aromatic heterocycles. The van der Waals surface area contributed by atoms with Crippen molar-refractivity contribution < 1.29 is 4.74 Å². The fraction of sp³-hybridized carbons (Fsp3) is 0.765. The van der Waals surface area contributed by atoms with Gasteiger partial charge in [0.25, 0.3) is 0 Å². The molecule has 1 unspecified atom stereocenters. The first kappa shape index (κ1) is 22.6. The molecule has 0 amide bonds. The first-order valence-corrected chi connectivity index (χ1v) is 9.82. The van der Waals surface area contributed by atoms with Gasteiger partial charge in [-0.3, -0.25) is 9.89 Å². The van der Waals surface area contributed by atoms with E-state index in [1.807, 2.05) is 6.92 Å². The Balaban J connectivity index is 0.00000312. The molecule has 1 aromatic rings. The molecule has 144 valence electrons. The maximum Gasteiger partial charge on any atom is 0.191 e. The summed E-state index contributed by atoms with van der Waals surface area (Å²) in [5.74, 6) is 0.910. The van der Waals surface area contributed by atoms with Gasteiger partial charge in [-0.05, 0) is 27.2 Å². The second kappa shape index (κ2) is 12.8. The van der Waals surface area contributed by atoms with Gasteiger partial charge < -0.3 is 15.4 Å². The van der Waals surface area contributed by atoms with Crippen LogP contribution in [-0.4, -0.2) is 67.8 Å². The molecule has 25 heavy (non-hydrogen) atoms. The Kier molecular flexibility index (Phi) is 11.6. The van der Waals surface area contributed by atoms with Gasteiger partial charge in [0.15, 0.2) is 5.96 Å². The zero-order valence-electron chi connectivity index (χ0n) is 15.6. The Morgan fingerprint density at radius 1 is 1.40 bits per heavy atom. The van der Waals surface area contributed by atoms with Crippen LogP contribution in [0.4, 0.5) is 0 Å². The fourth-order valence-electron chi connectivity index (χ4n) is 2.66. The summed E-state index contributed by atoms with van der Waals surface area (Å²) in [6.07, 6.45) is 2.09. The third-order valence-electron chi connectivity index (χ3n) is 4.05. The summed E-state index contributed by atoms with van der Waals surface area (Å²) in [6, 6.07) is 0.447. The molecule has 1 aliphatic rings.